The number of nitrogens with zero attached hydrogens (tertiary/aromatic N) is 9. The lowest BCUT2D eigenvalue weighted by Crippen LogP contribution is -2.01. The Hall–Kier alpha value is -15.0. The topological polar surface area (TPSA) is 108 Å². The van der Waals surface area contributed by atoms with Gasteiger partial charge in [-0.3, -0.25) is 0 Å². The van der Waals surface area contributed by atoms with Gasteiger partial charge in [0, 0.05) is 110 Å². The molecule has 6 heterocycles. The van der Waals surface area contributed by atoms with Gasteiger partial charge >= 0.3 is 0 Å². The Morgan fingerprint density at radius 3 is 0.945 bits per heavy atom. The molecule has 6 aromatic heterocycles. The average Bonchev–Trinajstić information content (AvgIpc) is 1.53. The first-order chi connectivity index (χ1) is 54.6. The van der Waals surface area contributed by atoms with Crippen LogP contribution in [-0.2, 0) is 0 Å². The molecule has 0 saturated heterocycles. The zero-order valence-corrected chi connectivity index (χ0v) is 59.2. The fourth-order valence-corrected chi connectivity index (χ4v) is 17.2. The molecule has 0 saturated carbocycles. The molecule has 10 nitrogen and oxygen atoms in total. The number of nitrogens with one attached hydrogen (secondary N) is 1. The zero-order chi connectivity index (χ0) is 72.3. The van der Waals surface area contributed by atoms with Gasteiger partial charge in [-0.1, -0.05) is 297 Å². The second-order valence-corrected chi connectivity index (χ2v) is 28.1. The molecule has 0 aliphatic heterocycles. The van der Waals surface area contributed by atoms with Gasteiger partial charge in [-0.2, -0.15) is 0 Å². The van der Waals surface area contributed by atoms with Crippen molar-refractivity contribution in [2.45, 2.75) is 0 Å². The Morgan fingerprint density at radius 1 is 0.182 bits per heavy atom. The number of hydrogen-bond acceptors (Lipinski definition) is 6. The van der Waals surface area contributed by atoms with Crippen LogP contribution >= 0.6 is 0 Å². The van der Waals surface area contributed by atoms with Crippen LogP contribution in [0.25, 0.3) is 216 Å². The van der Waals surface area contributed by atoms with Crippen LogP contribution in [0.2, 0.25) is 0 Å². The molecule has 17 aromatic carbocycles. The maximum absolute atomic E-state index is 5.07. The van der Waals surface area contributed by atoms with Crippen molar-refractivity contribution < 1.29 is 0 Å². The third-order valence-corrected chi connectivity index (χ3v) is 21.9. The van der Waals surface area contributed by atoms with Crippen molar-refractivity contribution in [3.05, 3.63) is 370 Å². The molecule has 0 atom stereocenters. The summed E-state index contributed by atoms with van der Waals surface area (Å²) in [6.45, 7) is 0. The Morgan fingerprint density at radius 2 is 0.491 bits per heavy atom. The first kappa shape index (κ1) is 62.4. The number of para-hydroxylation sites is 3. The lowest BCUT2D eigenvalue weighted by molar-refractivity contribution is 1.07. The van der Waals surface area contributed by atoms with Gasteiger partial charge in [-0.25, -0.2) is 29.9 Å². The summed E-state index contributed by atoms with van der Waals surface area (Å²) < 4.78 is 7.26. The molecule has 23 aromatic rings. The van der Waals surface area contributed by atoms with E-state index in [1.807, 2.05) is 121 Å². The SMILES string of the molecule is c1ccc(-c2nc(-c3ccccc3)nc(-c3cccc(-n4c5ccccc5c5c6c(ccc54)[nH]c4c5ccccc5c5ccccc5c46)c3)n2)cc1.c1ccc(-c2nc(-c3ccccc3)nc(-c3cccc(-n4c5ccccc5c5c6c7c8ccccc8c8ccccc8c7n(-c7ccccc7)c6ccc54)c3)n2)cc1. The normalized spacial score (nSPS) is 11.8. The van der Waals surface area contributed by atoms with Crippen LogP contribution in [0.15, 0.2) is 370 Å². The van der Waals surface area contributed by atoms with Gasteiger partial charge in [0.05, 0.1) is 38.6 Å². The van der Waals surface area contributed by atoms with E-state index in [0.717, 1.165) is 78.0 Å². The molecule has 10 heteroatoms. The van der Waals surface area contributed by atoms with E-state index in [1.165, 1.54) is 103 Å². The van der Waals surface area contributed by atoms with Crippen LogP contribution < -0.4 is 0 Å². The maximum atomic E-state index is 5.07. The fourth-order valence-electron chi connectivity index (χ4n) is 17.2. The average molecular weight is 1400 g/mol. The summed E-state index contributed by atoms with van der Waals surface area (Å²) in [6.07, 6.45) is 0. The van der Waals surface area contributed by atoms with Crippen LogP contribution in [0.4, 0.5) is 0 Å². The summed E-state index contributed by atoms with van der Waals surface area (Å²) in [4.78, 5) is 33.9. The summed E-state index contributed by atoms with van der Waals surface area (Å²) in [7, 11) is 0. The van der Waals surface area contributed by atoms with Gasteiger partial charge < -0.3 is 18.7 Å². The van der Waals surface area contributed by atoms with E-state index in [4.69, 9.17) is 29.9 Å². The molecule has 110 heavy (non-hydrogen) atoms. The van der Waals surface area contributed by atoms with Gasteiger partial charge in [0.2, 0.25) is 0 Å². The number of H-pyrrole nitrogens is 1. The highest BCUT2D eigenvalue weighted by molar-refractivity contribution is 6.40. The predicted molar refractivity (Wildman–Crippen MR) is 455 cm³/mol. The quantitative estimate of drug-likeness (QED) is 0.144. The second-order valence-electron chi connectivity index (χ2n) is 28.1. The summed E-state index contributed by atoms with van der Waals surface area (Å²) >= 11 is 0. The molecule has 0 bridgehead atoms. The Bertz CT molecular complexity index is 7520. The van der Waals surface area contributed by atoms with Crippen molar-refractivity contribution in [2.24, 2.45) is 0 Å². The molecule has 0 spiro atoms. The van der Waals surface area contributed by atoms with Crippen LogP contribution in [0.3, 0.4) is 0 Å². The molecule has 23 rings (SSSR count). The van der Waals surface area contributed by atoms with E-state index in [2.05, 4.69) is 267 Å². The largest absolute Gasteiger partial charge is 0.354 e. The summed E-state index contributed by atoms with van der Waals surface area (Å²) in [5.74, 6) is 3.84. The molecule has 0 radical (unpaired) electrons. The van der Waals surface area contributed by atoms with Crippen molar-refractivity contribution >= 4 is 130 Å². The predicted octanol–water partition coefficient (Wildman–Crippen LogP) is 25.3. The Balaban J connectivity index is 0.000000136. The van der Waals surface area contributed by atoms with Gasteiger partial charge in [0.15, 0.2) is 34.9 Å². The Labute approximate surface area is 630 Å². The highest BCUT2D eigenvalue weighted by Gasteiger charge is 2.27. The van der Waals surface area contributed by atoms with E-state index < -0.39 is 0 Å². The number of aromatic amines is 1. The van der Waals surface area contributed by atoms with Crippen molar-refractivity contribution in [3.8, 4) is 85.4 Å². The molecule has 1 N–H and O–H groups in total. The number of fused-ring (bicyclic) bond motifs is 24. The number of hydrogen-bond donors (Lipinski definition) is 1. The standard InChI is InChI=1S/C53H33N5.C47H29N5/c1-4-17-34(18-5-1)51-54-52(35-19-6-2-7-20-35)56-53(55-51)36-21-16-24-38(33-36)57-44-30-15-14-29-43(44)47-45(57)31-32-46-49(47)48-41-27-12-10-25-39(41)40-26-11-13-28-42(40)50(48)58(46)37-22-8-3-9-23-37;1-3-14-29(15-4-1)45-49-46(30-16-5-2-6-17-30)51-47(50-45)31-18-13-19-32(28-31)52-39-25-12-11-24-37(39)41-40(52)27-26-38-43(41)42-35-22-9-7-20-33(35)34-21-8-10-23-36(34)44(42)48-38/h1-33H;1-28,48H. The van der Waals surface area contributed by atoms with Crippen molar-refractivity contribution in [1.29, 1.82) is 0 Å². The summed E-state index contributed by atoms with van der Waals surface area (Å²) in [5.41, 5.74) is 18.1. The minimum absolute atomic E-state index is 0.627. The fraction of sp³-hybridized carbons (Fsp3) is 0. The van der Waals surface area contributed by atoms with Crippen LogP contribution in [0.1, 0.15) is 0 Å². The van der Waals surface area contributed by atoms with Gasteiger partial charge in [-0.15, -0.1) is 0 Å². The molecule has 0 aliphatic rings. The maximum Gasteiger partial charge on any atom is 0.164 e. The van der Waals surface area contributed by atoms with Crippen LogP contribution in [0, 0.1) is 0 Å². The molecule has 0 unspecified atom stereocenters. The van der Waals surface area contributed by atoms with E-state index in [0.29, 0.717) is 34.9 Å². The van der Waals surface area contributed by atoms with Gasteiger partial charge in [0.25, 0.3) is 0 Å². The van der Waals surface area contributed by atoms with Crippen molar-refractivity contribution in [1.82, 2.24) is 48.6 Å². The van der Waals surface area contributed by atoms with E-state index >= 15 is 0 Å². The van der Waals surface area contributed by atoms with Gasteiger partial charge in [-0.05, 0) is 105 Å². The van der Waals surface area contributed by atoms with Gasteiger partial charge in [0.1, 0.15) is 0 Å². The Kier molecular flexibility index (Phi) is 14.4. The van der Waals surface area contributed by atoms with Crippen LogP contribution in [-0.4, -0.2) is 48.6 Å². The third kappa shape index (κ3) is 9.97. The number of aromatic nitrogens is 10. The highest BCUT2D eigenvalue weighted by atomic mass is 15.1. The monoisotopic (exact) mass is 1400 g/mol. The van der Waals surface area contributed by atoms with E-state index in [1.54, 1.807) is 0 Å². The lowest BCUT2D eigenvalue weighted by Gasteiger charge is -2.12. The minimum Gasteiger partial charge on any atom is -0.354 e. The molecular weight excluding hydrogens is 1340 g/mol. The summed E-state index contributed by atoms with van der Waals surface area (Å²) in [6, 6.07) is 130. The minimum atomic E-state index is 0.627. The molecule has 0 aliphatic carbocycles. The zero-order valence-electron chi connectivity index (χ0n) is 59.2. The highest BCUT2D eigenvalue weighted by Crippen LogP contribution is 2.49. The first-order valence-corrected chi connectivity index (χ1v) is 37.2. The van der Waals surface area contributed by atoms with Crippen molar-refractivity contribution in [3.63, 3.8) is 0 Å². The number of benzene rings is 17. The van der Waals surface area contributed by atoms with E-state index in [9.17, 15) is 0 Å². The molecule has 0 fully saturated rings. The van der Waals surface area contributed by atoms with E-state index in [-0.39, 0.29) is 0 Å². The summed E-state index contributed by atoms with van der Waals surface area (Å²) in [5, 5.41) is 19.9. The van der Waals surface area contributed by atoms with Crippen LogP contribution in [0.5, 0.6) is 0 Å². The smallest absolute Gasteiger partial charge is 0.164 e. The third-order valence-electron chi connectivity index (χ3n) is 21.9. The molecular formula is C100H62N10. The first-order valence-electron chi connectivity index (χ1n) is 37.2. The van der Waals surface area contributed by atoms with Crippen molar-refractivity contribution in [2.75, 3.05) is 0 Å². The molecule has 0 amide bonds. The second kappa shape index (κ2) is 25.4. The lowest BCUT2D eigenvalue weighted by atomic mass is 9.95. The number of rotatable bonds is 9. The molecule has 512 valence electrons.